The predicted octanol–water partition coefficient (Wildman–Crippen LogP) is 4.12. The zero-order chi connectivity index (χ0) is 25.2. The molecule has 0 saturated carbocycles. The molecule has 0 aliphatic carbocycles. The number of hydrogen-bond donors (Lipinski definition) is 3. The van der Waals surface area contributed by atoms with E-state index >= 15 is 0 Å². The Morgan fingerprint density at radius 1 is 1.14 bits per heavy atom. The molecular formula is C20H12F4N6O3S2. The van der Waals surface area contributed by atoms with E-state index in [-0.39, 0.29) is 38.2 Å². The fourth-order valence-electron chi connectivity index (χ4n) is 2.96. The number of sulfonamides is 1. The number of hydrogen-bond acceptors (Lipinski definition) is 9. The average molecular weight is 524 g/mol. The van der Waals surface area contributed by atoms with Crippen molar-refractivity contribution in [1.82, 2.24) is 20.2 Å². The molecule has 0 bridgehead atoms. The van der Waals surface area contributed by atoms with Gasteiger partial charge in [0.1, 0.15) is 29.7 Å². The molecule has 3 N–H and O–H groups in total. The number of rotatable bonds is 6. The molecule has 2 aromatic carbocycles. The summed E-state index contributed by atoms with van der Waals surface area (Å²) in [6, 6.07) is 6.17. The first-order valence-electron chi connectivity index (χ1n) is 9.39. The van der Waals surface area contributed by atoms with Gasteiger partial charge in [0.05, 0.1) is 16.0 Å². The zero-order valence-corrected chi connectivity index (χ0v) is 18.7. The molecule has 1 aromatic heterocycles. The van der Waals surface area contributed by atoms with E-state index in [1.807, 2.05) is 0 Å². The van der Waals surface area contributed by atoms with Gasteiger partial charge in [-0.15, -0.1) is 0 Å². The number of aromatic nitrogens is 2. The summed E-state index contributed by atoms with van der Waals surface area (Å²) < 4.78 is 90.9. The molecule has 0 atom stereocenters. The van der Waals surface area contributed by atoms with Gasteiger partial charge in [-0.1, -0.05) is 0 Å². The molecule has 0 fully saturated rings. The summed E-state index contributed by atoms with van der Waals surface area (Å²) in [6.45, 7) is 0. The first kappa shape index (κ1) is 24.0. The molecule has 2 heterocycles. The first-order valence-corrected chi connectivity index (χ1v) is 11.6. The largest absolute Gasteiger partial charge is 0.455 e. The standard InChI is InChI=1S/C20H12F4N6O3S2/c21-16-7-18(14(6-15(16)20(22,23)24)11-3-4-27-28-9-11)33-17-2-1-13(5-12(17)8-25)35(31,32)30-19-26-10-29-34-19/h1-7,9-10,27-28H,(H,26,29,30). The minimum atomic E-state index is -4.96. The molecule has 0 radical (unpaired) electrons. The summed E-state index contributed by atoms with van der Waals surface area (Å²) in [6.07, 6.45) is 0.358. The van der Waals surface area contributed by atoms with Crippen LogP contribution in [0.1, 0.15) is 16.7 Å². The summed E-state index contributed by atoms with van der Waals surface area (Å²) in [5, 5.41) is 9.54. The Balaban J connectivity index is 1.74. The van der Waals surface area contributed by atoms with E-state index in [1.54, 1.807) is 6.07 Å². The predicted molar refractivity (Wildman–Crippen MR) is 117 cm³/mol. The van der Waals surface area contributed by atoms with Crippen molar-refractivity contribution in [3.05, 3.63) is 77.6 Å². The van der Waals surface area contributed by atoms with Crippen LogP contribution in [0, 0.1) is 17.1 Å². The van der Waals surface area contributed by atoms with E-state index in [2.05, 4.69) is 24.9 Å². The highest BCUT2D eigenvalue weighted by Crippen LogP contribution is 2.40. The van der Waals surface area contributed by atoms with Gasteiger partial charge in [-0.25, -0.2) is 17.8 Å². The van der Waals surface area contributed by atoms with E-state index in [9.17, 15) is 31.2 Å². The second-order valence-electron chi connectivity index (χ2n) is 6.77. The third kappa shape index (κ3) is 5.18. The van der Waals surface area contributed by atoms with Crippen molar-refractivity contribution < 1.29 is 30.7 Å². The van der Waals surface area contributed by atoms with E-state index in [4.69, 9.17) is 4.74 Å². The van der Waals surface area contributed by atoms with Crippen LogP contribution in [0.5, 0.6) is 11.5 Å². The maximum absolute atomic E-state index is 14.4. The lowest BCUT2D eigenvalue weighted by atomic mass is 10.0. The van der Waals surface area contributed by atoms with E-state index in [0.29, 0.717) is 12.1 Å². The van der Waals surface area contributed by atoms with Crippen LogP contribution in [0.4, 0.5) is 22.7 Å². The van der Waals surface area contributed by atoms with E-state index < -0.39 is 27.6 Å². The fourth-order valence-corrected chi connectivity index (χ4v) is 4.65. The van der Waals surface area contributed by atoms with Crippen LogP contribution in [0.2, 0.25) is 0 Å². The topological polar surface area (TPSA) is 129 Å². The maximum Gasteiger partial charge on any atom is 0.419 e. The Bertz CT molecular complexity index is 1480. The molecule has 0 saturated heterocycles. The van der Waals surface area contributed by atoms with Crippen molar-refractivity contribution in [2.45, 2.75) is 11.1 Å². The van der Waals surface area contributed by atoms with Crippen molar-refractivity contribution in [3.8, 4) is 17.6 Å². The number of halogens is 4. The van der Waals surface area contributed by atoms with Crippen LogP contribution < -0.4 is 20.3 Å². The molecule has 15 heteroatoms. The van der Waals surface area contributed by atoms with Crippen LogP contribution in [0.15, 0.2) is 60.0 Å². The van der Waals surface area contributed by atoms with Crippen molar-refractivity contribution in [3.63, 3.8) is 0 Å². The highest BCUT2D eigenvalue weighted by molar-refractivity contribution is 7.93. The number of allylic oxidation sites excluding steroid dienone is 2. The monoisotopic (exact) mass is 524 g/mol. The summed E-state index contributed by atoms with van der Waals surface area (Å²) in [7, 11) is -4.13. The number of hydrazine groups is 1. The number of anilines is 1. The van der Waals surface area contributed by atoms with Crippen molar-refractivity contribution >= 4 is 32.3 Å². The first-order chi connectivity index (χ1) is 16.6. The van der Waals surface area contributed by atoms with Crippen LogP contribution in [0.3, 0.4) is 0 Å². The van der Waals surface area contributed by atoms with E-state index in [1.165, 1.54) is 18.5 Å². The lowest BCUT2D eigenvalue weighted by molar-refractivity contribution is -0.140. The Hall–Kier alpha value is -4.16. The highest BCUT2D eigenvalue weighted by atomic mass is 32.2. The normalized spacial score (nSPS) is 13.3. The molecule has 0 spiro atoms. The van der Waals surface area contributed by atoms with Crippen molar-refractivity contribution in [2.24, 2.45) is 0 Å². The number of nitriles is 1. The van der Waals surface area contributed by atoms with Gasteiger partial charge in [0, 0.05) is 41.1 Å². The summed E-state index contributed by atoms with van der Waals surface area (Å²) in [5.41, 5.74) is 3.54. The molecule has 9 nitrogen and oxygen atoms in total. The van der Waals surface area contributed by atoms with Crippen LogP contribution in [0.25, 0.3) is 5.57 Å². The van der Waals surface area contributed by atoms with Gasteiger partial charge in [-0.2, -0.15) is 22.8 Å². The van der Waals surface area contributed by atoms with Crippen LogP contribution >= 0.6 is 11.5 Å². The molecule has 3 aromatic rings. The lowest BCUT2D eigenvalue weighted by Gasteiger charge is -2.18. The summed E-state index contributed by atoms with van der Waals surface area (Å²) in [4.78, 5) is 3.42. The third-order valence-electron chi connectivity index (χ3n) is 4.53. The van der Waals surface area contributed by atoms with Crippen molar-refractivity contribution in [2.75, 3.05) is 4.72 Å². The SMILES string of the molecule is N#Cc1cc(S(=O)(=O)Nc2ncns2)ccc1Oc1cc(F)c(C(F)(F)F)cc1C1=CNNC=C1. The van der Waals surface area contributed by atoms with Gasteiger partial charge in [-0.05, 0) is 30.3 Å². The van der Waals surface area contributed by atoms with Gasteiger partial charge >= 0.3 is 6.18 Å². The summed E-state index contributed by atoms with van der Waals surface area (Å²) >= 11 is 0.802. The molecule has 0 amide bonds. The second-order valence-corrected chi connectivity index (χ2v) is 9.23. The highest BCUT2D eigenvalue weighted by Gasteiger charge is 2.35. The van der Waals surface area contributed by atoms with Gasteiger partial charge in [0.2, 0.25) is 5.13 Å². The van der Waals surface area contributed by atoms with Crippen LogP contribution in [-0.4, -0.2) is 17.8 Å². The zero-order valence-electron chi connectivity index (χ0n) is 17.1. The molecule has 0 unspecified atom stereocenters. The Labute approximate surface area is 199 Å². The van der Waals surface area contributed by atoms with Gasteiger partial charge in [0.25, 0.3) is 10.0 Å². The Morgan fingerprint density at radius 3 is 2.57 bits per heavy atom. The number of benzene rings is 2. The van der Waals surface area contributed by atoms with Crippen molar-refractivity contribution in [1.29, 1.82) is 5.26 Å². The molecular weight excluding hydrogens is 512 g/mol. The number of alkyl halides is 3. The molecule has 4 rings (SSSR count). The molecule has 35 heavy (non-hydrogen) atoms. The Kier molecular flexibility index (Phi) is 6.33. The number of ether oxygens (including phenoxy) is 1. The smallest absolute Gasteiger partial charge is 0.419 e. The summed E-state index contributed by atoms with van der Waals surface area (Å²) in [5.74, 6) is -2.11. The molecule has 1 aliphatic heterocycles. The quantitative estimate of drug-likeness (QED) is 0.411. The molecule has 180 valence electrons. The van der Waals surface area contributed by atoms with Gasteiger partial charge < -0.3 is 15.6 Å². The minimum Gasteiger partial charge on any atom is -0.455 e. The van der Waals surface area contributed by atoms with Gasteiger partial charge in [-0.3, -0.25) is 4.72 Å². The number of nitrogens with zero attached hydrogens (tertiary/aromatic N) is 3. The fraction of sp³-hybridized carbons (Fsp3) is 0.0500. The third-order valence-corrected chi connectivity index (χ3v) is 6.57. The van der Waals surface area contributed by atoms with Crippen LogP contribution in [-0.2, 0) is 16.2 Å². The second kappa shape index (κ2) is 9.24. The average Bonchev–Trinajstić information content (AvgIpc) is 3.31. The van der Waals surface area contributed by atoms with Gasteiger partial charge in [0.15, 0.2) is 0 Å². The molecule has 1 aliphatic rings. The lowest BCUT2D eigenvalue weighted by Crippen LogP contribution is -2.23. The minimum absolute atomic E-state index is 0.00520. The maximum atomic E-state index is 14.4. The van der Waals surface area contributed by atoms with E-state index in [0.717, 1.165) is 36.1 Å². The Morgan fingerprint density at radius 2 is 1.94 bits per heavy atom. The number of nitrogens with one attached hydrogen (secondary N) is 3.